The summed E-state index contributed by atoms with van der Waals surface area (Å²) in [6, 6.07) is 4.99. The Labute approximate surface area is 90.9 Å². The number of nitrogen functional groups attached to an aromatic ring is 1. The molecule has 5 N–H and O–H groups in total. The lowest BCUT2D eigenvalue weighted by molar-refractivity contribution is 0.204. The van der Waals surface area contributed by atoms with E-state index < -0.39 is 0 Å². The van der Waals surface area contributed by atoms with Crippen LogP contribution in [-0.2, 0) is 0 Å². The van der Waals surface area contributed by atoms with Crippen molar-refractivity contribution in [1.29, 1.82) is 0 Å². The van der Waals surface area contributed by atoms with Crippen molar-refractivity contribution in [3.05, 3.63) is 22.7 Å². The molecule has 0 unspecified atom stereocenters. The van der Waals surface area contributed by atoms with E-state index in [4.69, 9.17) is 15.9 Å². The monoisotopic (exact) mass is 260 g/mol. The van der Waals surface area contributed by atoms with Crippen molar-refractivity contribution in [2.24, 2.45) is 0 Å². The lowest BCUT2D eigenvalue weighted by Crippen LogP contribution is -2.28. The number of aliphatic hydroxyl groups excluding tert-OH is 2. The maximum absolute atomic E-state index is 8.87. The van der Waals surface area contributed by atoms with Crippen molar-refractivity contribution in [2.75, 3.05) is 24.3 Å². The zero-order chi connectivity index (χ0) is 10.6. The quantitative estimate of drug-likeness (QED) is 0.604. The standard InChI is InChI=1S/C9H13BrN2O2/c10-6-1-2-8(11)9(3-6)12-7(4-13)5-14/h1-3,7,12-14H,4-5,11H2. The molecule has 4 nitrogen and oxygen atoms in total. The van der Waals surface area contributed by atoms with Gasteiger partial charge in [0, 0.05) is 4.47 Å². The Balaban J connectivity index is 2.79. The van der Waals surface area contributed by atoms with Crippen LogP contribution in [0.3, 0.4) is 0 Å². The van der Waals surface area contributed by atoms with Crippen LogP contribution in [0, 0.1) is 0 Å². The van der Waals surface area contributed by atoms with Gasteiger partial charge in [0.15, 0.2) is 0 Å². The third kappa shape index (κ3) is 2.87. The van der Waals surface area contributed by atoms with Gasteiger partial charge in [-0.25, -0.2) is 0 Å². The Hall–Kier alpha value is -0.780. The first kappa shape index (κ1) is 11.3. The molecule has 0 bridgehead atoms. The summed E-state index contributed by atoms with van der Waals surface area (Å²) in [5.41, 5.74) is 6.99. The van der Waals surface area contributed by atoms with Gasteiger partial charge in [0.05, 0.1) is 30.6 Å². The lowest BCUT2D eigenvalue weighted by atomic mass is 10.2. The third-order valence-corrected chi connectivity index (χ3v) is 2.31. The van der Waals surface area contributed by atoms with Crippen molar-refractivity contribution in [3.8, 4) is 0 Å². The molecule has 0 aromatic heterocycles. The van der Waals surface area contributed by atoms with Gasteiger partial charge in [0.2, 0.25) is 0 Å². The summed E-state index contributed by atoms with van der Waals surface area (Å²) in [7, 11) is 0. The van der Waals surface area contributed by atoms with Crippen LogP contribution >= 0.6 is 15.9 Å². The molecule has 0 fully saturated rings. The highest BCUT2D eigenvalue weighted by Crippen LogP contribution is 2.23. The zero-order valence-corrected chi connectivity index (χ0v) is 9.16. The molecule has 0 radical (unpaired) electrons. The summed E-state index contributed by atoms with van der Waals surface area (Å²) < 4.78 is 0.892. The highest BCUT2D eigenvalue weighted by Gasteiger charge is 2.07. The molecule has 0 saturated carbocycles. The number of hydrogen-bond donors (Lipinski definition) is 4. The number of aliphatic hydroxyl groups is 2. The Kier molecular flexibility index (Phi) is 4.19. The van der Waals surface area contributed by atoms with Gasteiger partial charge in [-0.05, 0) is 18.2 Å². The maximum Gasteiger partial charge on any atom is 0.0723 e. The van der Waals surface area contributed by atoms with Gasteiger partial charge in [-0.3, -0.25) is 0 Å². The Morgan fingerprint density at radius 1 is 1.36 bits per heavy atom. The lowest BCUT2D eigenvalue weighted by Gasteiger charge is -2.16. The normalized spacial score (nSPS) is 10.6. The molecule has 0 aliphatic rings. The summed E-state index contributed by atoms with van der Waals surface area (Å²) in [6.45, 7) is -0.273. The highest BCUT2D eigenvalue weighted by molar-refractivity contribution is 9.10. The first-order valence-corrected chi connectivity index (χ1v) is 5.00. The number of rotatable bonds is 4. The Morgan fingerprint density at radius 2 is 2.00 bits per heavy atom. The summed E-state index contributed by atoms with van der Waals surface area (Å²) in [4.78, 5) is 0. The van der Waals surface area contributed by atoms with E-state index in [1.807, 2.05) is 6.07 Å². The smallest absolute Gasteiger partial charge is 0.0723 e. The van der Waals surface area contributed by atoms with Gasteiger partial charge >= 0.3 is 0 Å². The van der Waals surface area contributed by atoms with Crippen LogP contribution in [0.25, 0.3) is 0 Å². The summed E-state index contributed by atoms with van der Waals surface area (Å²) in [5, 5.41) is 20.7. The van der Waals surface area contributed by atoms with Crippen molar-refractivity contribution in [3.63, 3.8) is 0 Å². The molecule has 5 heteroatoms. The largest absolute Gasteiger partial charge is 0.397 e. The molecule has 0 atom stereocenters. The maximum atomic E-state index is 8.87. The second kappa shape index (κ2) is 5.19. The van der Waals surface area contributed by atoms with E-state index in [9.17, 15) is 0 Å². The van der Waals surface area contributed by atoms with Crippen LogP contribution in [-0.4, -0.2) is 29.5 Å². The minimum absolute atomic E-state index is 0.136. The second-order valence-electron chi connectivity index (χ2n) is 2.94. The third-order valence-electron chi connectivity index (χ3n) is 1.82. The fourth-order valence-electron chi connectivity index (χ4n) is 1.02. The molecule has 1 aromatic rings. The van der Waals surface area contributed by atoms with Gasteiger partial charge in [0.25, 0.3) is 0 Å². The van der Waals surface area contributed by atoms with E-state index in [2.05, 4.69) is 21.2 Å². The van der Waals surface area contributed by atoms with Crippen LogP contribution in [0.2, 0.25) is 0 Å². The predicted molar refractivity (Wildman–Crippen MR) is 60.1 cm³/mol. The van der Waals surface area contributed by atoms with Crippen LogP contribution in [0.4, 0.5) is 11.4 Å². The van der Waals surface area contributed by atoms with E-state index in [1.54, 1.807) is 12.1 Å². The van der Waals surface area contributed by atoms with Crippen molar-refractivity contribution in [1.82, 2.24) is 0 Å². The van der Waals surface area contributed by atoms with Gasteiger partial charge < -0.3 is 21.3 Å². The molecular formula is C9H13BrN2O2. The molecule has 0 aliphatic carbocycles. The number of halogens is 1. The van der Waals surface area contributed by atoms with E-state index in [-0.39, 0.29) is 19.3 Å². The topological polar surface area (TPSA) is 78.5 Å². The fourth-order valence-corrected chi connectivity index (χ4v) is 1.38. The van der Waals surface area contributed by atoms with E-state index in [0.29, 0.717) is 11.4 Å². The van der Waals surface area contributed by atoms with Crippen molar-refractivity contribution >= 4 is 27.3 Å². The average Bonchev–Trinajstić information content (AvgIpc) is 2.19. The number of benzene rings is 1. The molecule has 1 rings (SSSR count). The van der Waals surface area contributed by atoms with E-state index >= 15 is 0 Å². The second-order valence-corrected chi connectivity index (χ2v) is 3.85. The Morgan fingerprint density at radius 3 is 2.57 bits per heavy atom. The summed E-state index contributed by atoms with van der Waals surface area (Å²) >= 11 is 3.31. The van der Waals surface area contributed by atoms with Crippen LogP contribution in [0.5, 0.6) is 0 Å². The van der Waals surface area contributed by atoms with Gasteiger partial charge in [-0.1, -0.05) is 15.9 Å². The predicted octanol–water partition coefficient (Wildman–Crippen LogP) is 0.796. The number of anilines is 2. The minimum atomic E-state index is -0.383. The number of nitrogens with one attached hydrogen (secondary N) is 1. The zero-order valence-electron chi connectivity index (χ0n) is 7.57. The molecule has 78 valence electrons. The van der Waals surface area contributed by atoms with Crippen molar-refractivity contribution in [2.45, 2.75) is 6.04 Å². The first-order chi connectivity index (χ1) is 6.67. The first-order valence-electron chi connectivity index (χ1n) is 4.20. The molecular weight excluding hydrogens is 248 g/mol. The van der Waals surface area contributed by atoms with E-state index in [0.717, 1.165) is 4.47 Å². The van der Waals surface area contributed by atoms with E-state index in [1.165, 1.54) is 0 Å². The molecule has 0 aliphatic heterocycles. The Bertz CT molecular complexity index is 303. The van der Waals surface area contributed by atoms with Crippen molar-refractivity contribution < 1.29 is 10.2 Å². The highest BCUT2D eigenvalue weighted by atomic mass is 79.9. The van der Waals surface area contributed by atoms with Crippen LogP contribution in [0.15, 0.2) is 22.7 Å². The minimum Gasteiger partial charge on any atom is -0.397 e. The molecule has 0 heterocycles. The molecule has 0 saturated heterocycles. The number of nitrogens with two attached hydrogens (primary N) is 1. The number of hydrogen-bond acceptors (Lipinski definition) is 4. The summed E-state index contributed by atoms with van der Waals surface area (Å²) in [5.74, 6) is 0. The fraction of sp³-hybridized carbons (Fsp3) is 0.333. The molecule has 0 spiro atoms. The SMILES string of the molecule is Nc1ccc(Br)cc1NC(CO)CO. The summed E-state index contributed by atoms with van der Waals surface area (Å²) in [6.07, 6.45) is 0. The molecule has 1 aromatic carbocycles. The van der Waals surface area contributed by atoms with Gasteiger partial charge in [0.1, 0.15) is 0 Å². The van der Waals surface area contributed by atoms with Gasteiger partial charge in [-0.15, -0.1) is 0 Å². The van der Waals surface area contributed by atoms with Crippen LogP contribution < -0.4 is 11.1 Å². The molecule has 0 amide bonds. The average molecular weight is 261 g/mol. The van der Waals surface area contributed by atoms with Gasteiger partial charge in [-0.2, -0.15) is 0 Å². The van der Waals surface area contributed by atoms with Crippen LogP contribution in [0.1, 0.15) is 0 Å². The molecule has 14 heavy (non-hydrogen) atoms.